The molecule has 20 heavy (non-hydrogen) atoms. The summed E-state index contributed by atoms with van der Waals surface area (Å²) in [6.07, 6.45) is 1.34. The fourth-order valence-electron chi connectivity index (χ4n) is 1.58. The predicted octanol–water partition coefficient (Wildman–Crippen LogP) is 2.05. The Hall–Kier alpha value is -1.62. The number of halogens is 1. The maximum absolute atomic E-state index is 12.7. The molecule has 1 amide bonds. The Balaban J connectivity index is 2.11. The molecule has 1 atom stereocenters. The molecule has 4 nitrogen and oxygen atoms in total. The van der Waals surface area contributed by atoms with Crippen LogP contribution in [0.4, 0.5) is 4.39 Å². The molecule has 1 aromatic rings. The van der Waals surface area contributed by atoms with Crippen LogP contribution in [0.25, 0.3) is 0 Å². The minimum absolute atomic E-state index is 0.0291. The van der Waals surface area contributed by atoms with Gasteiger partial charge < -0.3 is 15.0 Å². The Morgan fingerprint density at radius 2 is 2.00 bits per heavy atom. The van der Waals surface area contributed by atoms with Crippen molar-refractivity contribution in [1.29, 1.82) is 0 Å². The molecule has 1 unspecified atom stereocenters. The van der Waals surface area contributed by atoms with Crippen LogP contribution in [0.1, 0.15) is 19.8 Å². The van der Waals surface area contributed by atoms with E-state index < -0.39 is 0 Å². The highest BCUT2D eigenvalue weighted by molar-refractivity contribution is 5.75. The molecule has 1 aromatic carbocycles. The first kappa shape index (κ1) is 16.4. The Labute approximate surface area is 119 Å². The van der Waals surface area contributed by atoms with Crippen molar-refractivity contribution < 1.29 is 13.9 Å². The van der Waals surface area contributed by atoms with Gasteiger partial charge in [-0.2, -0.15) is 0 Å². The predicted molar refractivity (Wildman–Crippen MR) is 77.3 cm³/mol. The van der Waals surface area contributed by atoms with Crippen molar-refractivity contribution in [2.24, 2.45) is 0 Å². The number of ether oxygens (including phenoxy) is 1. The zero-order valence-corrected chi connectivity index (χ0v) is 12.4. The smallest absolute Gasteiger partial charge is 0.220 e. The molecular formula is C15H23FN2O2. The van der Waals surface area contributed by atoms with Gasteiger partial charge in [-0.1, -0.05) is 0 Å². The lowest BCUT2D eigenvalue weighted by Gasteiger charge is -2.19. The third-order valence-electron chi connectivity index (χ3n) is 3.18. The quantitative estimate of drug-likeness (QED) is 0.742. The van der Waals surface area contributed by atoms with Crippen LogP contribution in [-0.4, -0.2) is 44.1 Å². The average molecular weight is 282 g/mol. The lowest BCUT2D eigenvalue weighted by Crippen LogP contribution is -2.31. The summed E-state index contributed by atoms with van der Waals surface area (Å²) in [5.41, 5.74) is 0. The van der Waals surface area contributed by atoms with Crippen LogP contribution < -0.4 is 10.1 Å². The molecule has 0 radical (unpaired) electrons. The molecule has 0 aliphatic rings. The minimum Gasteiger partial charge on any atom is -0.492 e. The monoisotopic (exact) mass is 282 g/mol. The number of carbonyl (C=O) groups is 1. The van der Waals surface area contributed by atoms with Crippen molar-refractivity contribution in [2.45, 2.75) is 25.8 Å². The second-order valence-corrected chi connectivity index (χ2v) is 5.00. The van der Waals surface area contributed by atoms with E-state index in [0.717, 1.165) is 6.42 Å². The third-order valence-corrected chi connectivity index (χ3v) is 3.18. The van der Waals surface area contributed by atoms with Crippen molar-refractivity contribution in [3.63, 3.8) is 0 Å². The molecule has 1 rings (SSSR count). The van der Waals surface area contributed by atoms with Gasteiger partial charge in [0, 0.05) is 12.5 Å². The molecule has 0 fully saturated rings. The first-order chi connectivity index (χ1) is 9.49. The summed E-state index contributed by atoms with van der Waals surface area (Å²) in [4.78, 5) is 13.7. The van der Waals surface area contributed by atoms with Crippen LogP contribution in [0.15, 0.2) is 24.3 Å². The van der Waals surface area contributed by atoms with Gasteiger partial charge in [0.2, 0.25) is 5.91 Å². The molecule has 0 saturated heterocycles. The number of nitrogens with zero attached hydrogens (tertiary/aromatic N) is 1. The van der Waals surface area contributed by atoms with Gasteiger partial charge >= 0.3 is 0 Å². The number of rotatable bonds is 8. The third kappa shape index (κ3) is 6.52. The van der Waals surface area contributed by atoms with Gasteiger partial charge in [0.15, 0.2) is 0 Å². The number of amides is 1. The van der Waals surface area contributed by atoms with Crippen molar-refractivity contribution in [2.75, 3.05) is 27.2 Å². The van der Waals surface area contributed by atoms with Crippen LogP contribution >= 0.6 is 0 Å². The lowest BCUT2D eigenvalue weighted by atomic mass is 10.1. The second-order valence-electron chi connectivity index (χ2n) is 5.00. The van der Waals surface area contributed by atoms with Gasteiger partial charge in [0.1, 0.15) is 18.2 Å². The lowest BCUT2D eigenvalue weighted by molar-refractivity contribution is -0.121. The molecule has 112 valence electrons. The summed E-state index contributed by atoms with van der Waals surface area (Å²) in [7, 11) is 4.00. The molecule has 0 heterocycles. The maximum Gasteiger partial charge on any atom is 0.220 e. The van der Waals surface area contributed by atoms with Gasteiger partial charge in [0.05, 0.1) is 6.54 Å². The zero-order valence-electron chi connectivity index (χ0n) is 12.4. The van der Waals surface area contributed by atoms with Gasteiger partial charge in [-0.25, -0.2) is 4.39 Å². The summed E-state index contributed by atoms with van der Waals surface area (Å²) in [5.74, 6) is 0.337. The summed E-state index contributed by atoms with van der Waals surface area (Å²) in [5, 5.41) is 2.80. The van der Waals surface area contributed by atoms with Crippen LogP contribution in [0.3, 0.4) is 0 Å². The number of carbonyl (C=O) groups excluding carboxylic acids is 1. The minimum atomic E-state index is -0.291. The molecule has 0 spiro atoms. The molecule has 0 aromatic heterocycles. The Morgan fingerprint density at radius 1 is 1.35 bits per heavy atom. The molecular weight excluding hydrogens is 259 g/mol. The molecule has 0 aliphatic heterocycles. The fraction of sp³-hybridized carbons (Fsp3) is 0.533. The van der Waals surface area contributed by atoms with E-state index in [1.165, 1.54) is 12.1 Å². The van der Waals surface area contributed by atoms with Crippen molar-refractivity contribution in [3.05, 3.63) is 30.1 Å². The van der Waals surface area contributed by atoms with E-state index in [1.54, 1.807) is 12.1 Å². The highest BCUT2D eigenvalue weighted by Crippen LogP contribution is 2.10. The van der Waals surface area contributed by atoms with Gasteiger partial charge in [-0.15, -0.1) is 0 Å². The van der Waals surface area contributed by atoms with Crippen LogP contribution in [0, 0.1) is 5.82 Å². The summed E-state index contributed by atoms with van der Waals surface area (Å²) in [6.45, 7) is 2.91. The van der Waals surface area contributed by atoms with Gasteiger partial charge in [-0.3, -0.25) is 4.79 Å². The maximum atomic E-state index is 12.7. The largest absolute Gasteiger partial charge is 0.492 e. The van der Waals surface area contributed by atoms with E-state index >= 15 is 0 Å². The molecule has 5 heteroatoms. The van der Waals surface area contributed by atoms with Crippen LogP contribution in [-0.2, 0) is 4.79 Å². The van der Waals surface area contributed by atoms with E-state index in [9.17, 15) is 9.18 Å². The highest BCUT2D eigenvalue weighted by atomic mass is 19.1. The number of hydrogen-bond donors (Lipinski definition) is 1. The normalized spacial score (nSPS) is 12.2. The summed E-state index contributed by atoms with van der Waals surface area (Å²) >= 11 is 0. The molecule has 0 aliphatic carbocycles. The first-order valence-electron chi connectivity index (χ1n) is 6.80. The molecule has 0 saturated carbocycles. The average Bonchev–Trinajstić information content (AvgIpc) is 2.42. The van der Waals surface area contributed by atoms with Crippen molar-refractivity contribution >= 4 is 5.91 Å². The Bertz CT molecular complexity index is 407. The Kier molecular flexibility index (Phi) is 7.01. The van der Waals surface area contributed by atoms with Crippen molar-refractivity contribution in [3.8, 4) is 5.75 Å². The van der Waals surface area contributed by atoms with Gasteiger partial charge in [-0.05, 0) is 51.7 Å². The van der Waals surface area contributed by atoms with E-state index in [4.69, 9.17) is 4.74 Å². The van der Waals surface area contributed by atoms with E-state index in [2.05, 4.69) is 17.1 Å². The van der Waals surface area contributed by atoms with Gasteiger partial charge in [0.25, 0.3) is 0 Å². The molecule has 1 N–H and O–H groups in total. The molecule has 0 bridgehead atoms. The zero-order chi connectivity index (χ0) is 15.0. The van der Waals surface area contributed by atoms with Crippen LogP contribution in [0.5, 0.6) is 5.75 Å². The highest BCUT2D eigenvalue weighted by Gasteiger charge is 2.07. The fourth-order valence-corrected chi connectivity index (χ4v) is 1.58. The topological polar surface area (TPSA) is 41.6 Å². The SMILES string of the molecule is CC(CCC(=O)NCCOc1ccc(F)cc1)N(C)C. The van der Waals surface area contributed by atoms with Crippen molar-refractivity contribution in [1.82, 2.24) is 10.2 Å². The first-order valence-corrected chi connectivity index (χ1v) is 6.80. The number of nitrogens with one attached hydrogen (secondary N) is 1. The van der Waals surface area contributed by atoms with E-state index in [1.807, 2.05) is 14.1 Å². The van der Waals surface area contributed by atoms with E-state index in [-0.39, 0.29) is 11.7 Å². The second kappa shape index (κ2) is 8.53. The van der Waals surface area contributed by atoms with E-state index in [0.29, 0.717) is 31.4 Å². The number of benzene rings is 1. The summed E-state index contributed by atoms with van der Waals surface area (Å²) < 4.78 is 18.1. The standard InChI is InChI=1S/C15H23FN2O2/c1-12(18(2)3)4-9-15(19)17-10-11-20-14-7-5-13(16)6-8-14/h5-8,12H,4,9-11H2,1-3H3,(H,17,19). The van der Waals surface area contributed by atoms with Crippen LogP contribution in [0.2, 0.25) is 0 Å². The Morgan fingerprint density at radius 3 is 2.60 bits per heavy atom. The summed E-state index contributed by atoms with van der Waals surface area (Å²) in [6, 6.07) is 6.20. The number of hydrogen-bond acceptors (Lipinski definition) is 3.